The minimum Gasteiger partial charge on any atom is -0.342 e. The van der Waals surface area contributed by atoms with Gasteiger partial charge in [0.25, 0.3) is 0 Å². The molecule has 0 saturated heterocycles. The standard InChI is InChI=1S/C22H17F4N3OS/c23-15-8-5-13(17(12-15)22(24,25)26)7-10-21-28-18-9-6-14(11-19(18)29-21)16-3-1-2-4-20(16)31(27)30/h1-6,8-9,11-12H,7,10,27H2,(H,28,29). The highest BCUT2D eigenvalue weighted by molar-refractivity contribution is 7.82. The molecule has 0 aliphatic heterocycles. The molecule has 3 aromatic carbocycles. The minimum atomic E-state index is -4.63. The number of aromatic nitrogens is 2. The van der Waals surface area contributed by atoms with Crippen LogP contribution >= 0.6 is 0 Å². The van der Waals surface area contributed by atoms with Crippen LogP contribution in [0.2, 0.25) is 0 Å². The predicted octanol–water partition coefficient (Wildman–Crippen LogP) is 5.15. The number of aromatic amines is 1. The summed E-state index contributed by atoms with van der Waals surface area (Å²) in [5.41, 5.74) is 1.89. The number of hydrogen-bond donors (Lipinski definition) is 2. The molecule has 1 unspecified atom stereocenters. The smallest absolute Gasteiger partial charge is 0.342 e. The van der Waals surface area contributed by atoms with E-state index in [1.54, 1.807) is 18.2 Å². The number of alkyl halides is 3. The quantitative estimate of drug-likeness (QED) is 0.415. The van der Waals surface area contributed by atoms with Gasteiger partial charge in [-0.25, -0.2) is 18.7 Å². The maximum absolute atomic E-state index is 13.3. The van der Waals surface area contributed by atoms with Gasteiger partial charge in [0.05, 0.1) is 21.5 Å². The van der Waals surface area contributed by atoms with Gasteiger partial charge in [-0.3, -0.25) is 0 Å². The second-order valence-electron chi connectivity index (χ2n) is 7.01. The van der Waals surface area contributed by atoms with Crippen LogP contribution in [-0.2, 0) is 30.0 Å². The van der Waals surface area contributed by atoms with E-state index in [0.717, 1.165) is 23.3 Å². The van der Waals surface area contributed by atoms with Gasteiger partial charge in [-0.2, -0.15) is 13.2 Å². The number of aryl methyl sites for hydroxylation is 2. The maximum atomic E-state index is 13.3. The summed E-state index contributed by atoms with van der Waals surface area (Å²) in [6.45, 7) is 0. The van der Waals surface area contributed by atoms with Gasteiger partial charge in [-0.05, 0) is 53.4 Å². The zero-order valence-corrected chi connectivity index (χ0v) is 16.9. The molecule has 0 saturated carbocycles. The van der Waals surface area contributed by atoms with Crippen LogP contribution in [0.25, 0.3) is 22.2 Å². The Morgan fingerprint density at radius 2 is 1.77 bits per heavy atom. The van der Waals surface area contributed by atoms with E-state index >= 15 is 0 Å². The van der Waals surface area contributed by atoms with Gasteiger partial charge in [-0.15, -0.1) is 0 Å². The highest BCUT2D eigenvalue weighted by Gasteiger charge is 2.33. The first-order valence-electron chi connectivity index (χ1n) is 9.32. The summed E-state index contributed by atoms with van der Waals surface area (Å²) < 4.78 is 64.7. The topological polar surface area (TPSA) is 71.8 Å². The van der Waals surface area contributed by atoms with E-state index in [2.05, 4.69) is 9.97 Å². The van der Waals surface area contributed by atoms with Crippen LogP contribution in [0.3, 0.4) is 0 Å². The summed E-state index contributed by atoms with van der Waals surface area (Å²) in [6.07, 6.45) is -4.35. The van der Waals surface area contributed by atoms with Gasteiger partial charge in [0.1, 0.15) is 22.6 Å². The molecular formula is C22H17F4N3OS. The zero-order chi connectivity index (χ0) is 22.2. The van der Waals surface area contributed by atoms with Gasteiger partial charge in [-0.1, -0.05) is 30.3 Å². The number of nitrogens with two attached hydrogens (primary N) is 1. The summed E-state index contributed by atoms with van der Waals surface area (Å²) in [6, 6.07) is 15.2. The van der Waals surface area contributed by atoms with E-state index in [0.29, 0.717) is 27.8 Å². The van der Waals surface area contributed by atoms with Crippen molar-refractivity contribution >= 4 is 22.0 Å². The summed E-state index contributed by atoms with van der Waals surface area (Å²) in [4.78, 5) is 8.05. The molecule has 1 heterocycles. The third kappa shape index (κ3) is 4.52. The van der Waals surface area contributed by atoms with E-state index in [1.165, 1.54) is 0 Å². The molecule has 0 aliphatic rings. The van der Waals surface area contributed by atoms with Crippen LogP contribution in [0, 0.1) is 5.82 Å². The molecule has 4 nitrogen and oxygen atoms in total. The van der Waals surface area contributed by atoms with Crippen molar-refractivity contribution in [2.24, 2.45) is 5.14 Å². The van der Waals surface area contributed by atoms with E-state index in [1.807, 2.05) is 24.3 Å². The first-order chi connectivity index (χ1) is 14.7. The van der Waals surface area contributed by atoms with Gasteiger partial charge in [0, 0.05) is 6.42 Å². The lowest BCUT2D eigenvalue weighted by Crippen LogP contribution is -2.10. The molecule has 31 heavy (non-hydrogen) atoms. The number of benzene rings is 3. The Morgan fingerprint density at radius 1 is 1.00 bits per heavy atom. The van der Waals surface area contributed by atoms with Crippen LogP contribution in [0.15, 0.2) is 65.6 Å². The molecule has 0 aliphatic carbocycles. The van der Waals surface area contributed by atoms with E-state index in [4.69, 9.17) is 5.14 Å². The fourth-order valence-electron chi connectivity index (χ4n) is 3.51. The van der Waals surface area contributed by atoms with Gasteiger partial charge >= 0.3 is 6.18 Å². The monoisotopic (exact) mass is 447 g/mol. The second kappa shape index (κ2) is 8.24. The first-order valence-corrected chi connectivity index (χ1v) is 10.5. The normalized spacial score (nSPS) is 12.9. The molecule has 9 heteroatoms. The summed E-state index contributed by atoms with van der Waals surface area (Å²) in [5.74, 6) is -0.411. The van der Waals surface area contributed by atoms with Crippen molar-refractivity contribution in [3.8, 4) is 11.1 Å². The Bertz CT molecular complexity index is 1280. The van der Waals surface area contributed by atoms with Crippen molar-refractivity contribution in [3.63, 3.8) is 0 Å². The van der Waals surface area contributed by atoms with Crippen molar-refractivity contribution < 1.29 is 21.8 Å². The fraction of sp³-hybridized carbons (Fsp3) is 0.136. The number of nitrogens with one attached hydrogen (secondary N) is 1. The van der Waals surface area contributed by atoms with Crippen LogP contribution in [0.5, 0.6) is 0 Å². The number of rotatable bonds is 5. The highest BCUT2D eigenvalue weighted by Crippen LogP contribution is 2.33. The third-order valence-electron chi connectivity index (χ3n) is 4.95. The Balaban J connectivity index is 1.61. The zero-order valence-electron chi connectivity index (χ0n) is 16.0. The predicted molar refractivity (Wildman–Crippen MR) is 111 cm³/mol. The van der Waals surface area contributed by atoms with Gasteiger partial charge in [0.15, 0.2) is 0 Å². The minimum absolute atomic E-state index is 0.00870. The molecule has 1 atom stereocenters. The van der Waals surface area contributed by atoms with Crippen molar-refractivity contribution in [3.05, 3.63) is 83.4 Å². The largest absolute Gasteiger partial charge is 0.416 e. The molecule has 1 aromatic heterocycles. The lowest BCUT2D eigenvalue weighted by molar-refractivity contribution is -0.138. The van der Waals surface area contributed by atoms with Crippen LogP contribution in [-0.4, -0.2) is 14.2 Å². The Hall–Kier alpha value is -3.04. The van der Waals surface area contributed by atoms with E-state index < -0.39 is 28.5 Å². The molecule has 3 N–H and O–H groups in total. The van der Waals surface area contributed by atoms with Crippen molar-refractivity contribution in [1.29, 1.82) is 0 Å². The Kier molecular flexibility index (Phi) is 5.63. The van der Waals surface area contributed by atoms with Crippen LogP contribution in [0.1, 0.15) is 17.0 Å². The van der Waals surface area contributed by atoms with Crippen LogP contribution < -0.4 is 5.14 Å². The number of hydrogen-bond acceptors (Lipinski definition) is 2. The number of imidazole rings is 1. The molecule has 0 spiro atoms. The molecule has 0 radical (unpaired) electrons. The average Bonchev–Trinajstić information content (AvgIpc) is 3.14. The fourth-order valence-corrected chi connectivity index (χ4v) is 4.13. The number of halogens is 4. The number of H-pyrrole nitrogens is 1. The van der Waals surface area contributed by atoms with Crippen molar-refractivity contribution in [2.45, 2.75) is 23.9 Å². The molecule has 0 bridgehead atoms. The first kappa shape index (κ1) is 21.2. The third-order valence-corrected chi connectivity index (χ3v) is 5.74. The lowest BCUT2D eigenvalue weighted by Gasteiger charge is -2.12. The average molecular weight is 447 g/mol. The molecule has 0 fully saturated rings. The van der Waals surface area contributed by atoms with E-state index in [-0.39, 0.29) is 18.4 Å². The van der Waals surface area contributed by atoms with Crippen molar-refractivity contribution in [1.82, 2.24) is 9.97 Å². The number of nitrogens with zero attached hydrogens (tertiary/aromatic N) is 1. The lowest BCUT2D eigenvalue weighted by atomic mass is 10.0. The van der Waals surface area contributed by atoms with Gasteiger partial charge in [0.2, 0.25) is 0 Å². The van der Waals surface area contributed by atoms with Gasteiger partial charge < -0.3 is 4.98 Å². The summed E-state index contributed by atoms with van der Waals surface area (Å²) in [5, 5.41) is 5.56. The molecule has 160 valence electrons. The summed E-state index contributed by atoms with van der Waals surface area (Å²) >= 11 is 0. The van der Waals surface area contributed by atoms with Crippen molar-refractivity contribution in [2.75, 3.05) is 0 Å². The molecule has 4 rings (SSSR count). The second-order valence-corrected chi connectivity index (χ2v) is 8.04. The van der Waals surface area contributed by atoms with E-state index in [9.17, 15) is 21.8 Å². The summed E-state index contributed by atoms with van der Waals surface area (Å²) in [7, 11) is -1.65. The molecule has 4 aromatic rings. The maximum Gasteiger partial charge on any atom is 0.416 e. The van der Waals surface area contributed by atoms with Crippen LogP contribution in [0.4, 0.5) is 17.6 Å². The molecular weight excluding hydrogens is 430 g/mol. The molecule has 0 amide bonds. The Labute approximate surface area is 177 Å². The SMILES string of the molecule is NS(=O)c1ccccc1-c1ccc2nc(CCc3ccc(F)cc3C(F)(F)F)[nH]c2c1. The highest BCUT2D eigenvalue weighted by atomic mass is 32.2. The Morgan fingerprint density at radius 3 is 2.52 bits per heavy atom. The number of fused-ring (bicyclic) bond motifs is 1.